The second-order valence-corrected chi connectivity index (χ2v) is 3.19. The maximum atomic E-state index is 11.4. The number of aliphatic carboxylic acids is 1. The summed E-state index contributed by atoms with van der Waals surface area (Å²) in [5, 5.41) is 8.61. The SMILES string of the molecule is CC(C(=O)O)C(=O)Cc1ccccc1. The summed E-state index contributed by atoms with van der Waals surface area (Å²) in [4.78, 5) is 21.9. The minimum Gasteiger partial charge on any atom is -0.481 e. The Hall–Kier alpha value is -1.64. The van der Waals surface area contributed by atoms with Crippen LogP contribution >= 0.6 is 0 Å². The molecule has 1 aromatic rings. The fourth-order valence-corrected chi connectivity index (χ4v) is 1.09. The number of hydrogen-bond donors (Lipinski definition) is 1. The van der Waals surface area contributed by atoms with Crippen molar-refractivity contribution in [3.63, 3.8) is 0 Å². The molecule has 0 saturated carbocycles. The third-order valence-corrected chi connectivity index (χ3v) is 2.07. The molecule has 0 bridgehead atoms. The second-order valence-electron chi connectivity index (χ2n) is 3.19. The molecular weight excluding hydrogens is 180 g/mol. The van der Waals surface area contributed by atoms with E-state index < -0.39 is 11.9 Å². The Balaban J connectivity index is 2.62. The molecule has 0 spiro atoms. The Labute approximate surface area is 82.4 Å². The number of carbonyl (C=O) groups is 2. The number of benzene rings is 1. The highest BCUT2D eigenvalue weighted by atomic mass is 16.4. The highest BCUT2D eigenvalue weighted by Crippen LogP contribution is 2.05. The molecule has 0 saturated heterocycles. The van der Waals surface area contributed by atoms with Gasteiger partial charge in [0.05, 0.1) is 0 Å². The first-order valence-electron chi connectivity index (χ1n) is 4.40. The van der Waals surface area contributed by atoms with Gasteiger partial charge in [-0.25, -0.2) is 0 Å². The maximum absolute atomic E-state index is 11.4. The molecule has 0 aliphatic rings. The van der Waals surface area contributed by atoms with Crippen LogP contribution in [-0.2, 0) is 16.0 Å². The van der Waals surface area contributed by atoms with Gasteiger partial charge in [0.15, 0.2) is 5.78 Å². The summed E-state index contributed by atoms with van der Waals surface area (Å²) < 4.78 is 0. The third-order valence-electron chi connectivity index (χ3n) is 2.07. The van der Waals surface area contributed by atoms with Gasteiger partial charge in [0.2, 0.25) is 0 Å². The summed E-state index contributed by atoms with van der Waals surface area (Å²) in [6.45, 7) is 1.41. The molecule has 0 amide bonds. The van der Waals surface area contributed by atoms with E-state index in [0.717, 1.165) is 5.56 Å². The molecule has 0 aliphatic heterocycles. The molecule has 74 valence electrons. The van der Waals surface area contributed by atoms with Gasteiger partial charge in [0.25, 0.3) is 0 Å². The maximum Gasteiger partial charge on any atom is 0.313 e. The Morgan fingerprint density at radius 3 is 2.36 bits per heavy atom. The Morgan fingerprint density at radius 1 is 1.29 bits per heavy atom. The van der Waals surface area contributed by atoms with Gasteiger partial charge in [0, 0.05) is 6.42 Å². The lowest BCUT2D eigenvalue weighted by Gasteiger charge is -2.04. The second kappa shape index (κ2) is 4.56. The molecule has 3 nitrogen and oxygen atoms in total. The van der Waals surface area contributed by atoms with E-state index in [-0.39, 0.29) is 12.2 Å². The van der Waals surface area contributed by atoms with Crippen molar-refractivity contribution in [2.24, 2.45) is 5.92 Å². The molecule has 1 aromatic carbocycles. The fourth-order valence-electron chi connectivity index (χ4n) is 1.09. The average molecular weight is 192 g/mol. The topological polar surface area (TPSA) is 54.4 Å². The van der Waals surface area contributed by atoms with Crippen LogP contribution in [0, 0.1) is 5.92 Å². The van der Waals surface area contributed by atoms with Crippen LogP contribution in [0.15, 0.2) is 30.3 Å². The highest BCUT2D eigenvalue weighted by Gasteiger charge is 2.19. The zero-order chi connectivity index (χ0) is 10.6. The number of carbonyl (C=O) groups excluding carboxylic acids is 1. The summed E-state index contributed by atoms with van der Waals surface area (Å²) in [6, 6.07) is 9.13. The molecule has 1 atom stereocenters. The minimum atomic E-state index is -1.06. The van der Waals surface area contributed by atoms with Crippen molar-refractivity contribution in [2.45, 2.75) is 13.3 Å². The quantitative estimate of drug-likeness (QED) is 0.736. The van der Waals surface area contributed by atoms with Gasteiger partial charge in [-0.15, -0.1) is 0 Å². The molecule has 1 unspecified atom stereocenters. The van der Waals surface area contributed by atoms with Crippen LogP contribution in [0.5, 0.6) is 0 Å². The summed E-state index contributed by atoms with van der Waals surface area (Å²) in [5.41, 5.74) is 0.852. The summed E-state index contributed by atoms with van der Waals surface area (Å²) >= 11 is 0. The van der Waals surface area contributed by atoms with Crippen molar-refractivity contribution in [1.29, 1.82) is 0 Å². The first kappa shape index (κ1) is 10.4. The van der Waals surface area contributed by atoms with Crippen molar-refractivity contribution >= 4 is 11.8 Å². The average Bonchev–Trinajstić information content (AvgIpc) is 2.18. The Kier molecular flexibility index (Phi) is 3.40. The number of carboxylic acids is 1. The van der Waals surface area contributed by atoms with Crippen LogP contribution in [-0.4, -0.2) is 16.9 Å². The predicted molar refractivity (Wildman–Crippen MR) is 52.0 cm³/mol. The number of ketones is 1. The molecule has 0 fully saturated rings. The van der Waals surface area contributed by atoms with Crippen LogP contribution < -0.4 is 0 Å². The van der Waals surface area contributed by atoms with Crippen LogP contribution in [0.1, 0.15) is 12.5 Å². The molecule has 14 heavy (non-hydrogen) atoms. The lowest BCUT2D eigenvalue weighted by atomic mass is 10.00. The van der Waals surface area contributed by atoms with Gasteiger partial charge in [-0.3, -0.25) is 9.59 Å². The first-order chi connectivity index (χ1) is 6.61. The zero-order valence-corrected chi connectivity index (χ0v) is 7.93. The predicted octanol–water partition coefficient (Wildman–Crippen LogP) is 1.52. The highest BCUT2D eigenvalue weighted by molar-refractivity contribution is 5.98. The van der Waals surface area contributed by atoms with E-state index in [2.05, 4.69) is 0 Å². The lowest BCUT2D eigenvalue weighted by molar-refractivity contribution is -0.145. The third kappa shape index (κ3) is 2.69. The zero-order valence-electron chi connectivity index (χ0n) is 7.93. The Bertz CT molecular complexity index is 330. The van der Waals surface area contributed by atoms with E-state index in [1.807, 2.05) is 30.3 Å². The van der Waals surface area contributed by atoms with E-state index in [9.17, 15) is 9.59 Å². The van der Waals surface area contributed by atoms with Crippen molar-refractivity contribution in [3.05, 3.63) is 35.9 Å². The van der Waals surface area contributed by atoms with Crippen LogP contribution in [0.25, 0.3) is 0 Å². The molecular formula is C11H12O3. The van der Waals surface area contributed by atoms with Crippen molar-refractivity contribution in [2.75, 3.05) is 0 Å². The van der Waals surface area contributed by atoms with E-state index in [1.54, 1.807) is 0 Å². The number of hydrogen-bond acceptors (Lipinski definition) is 2. The molecule has 0 aromatic heterocycles. The van der Waals surface area contributed by atoms with Gasteiger partial charge in [-0.1, -0.05) is 30.3 Å². The standard InChI is InChI=1S/C11H12O3/c1-8(11(13)14)10(12)7-9-5-3-2-4-6-9/h2-6,8H,7H2,1H3,(H,13,14). The van der Waals surface area contributed by atoms with Gasteiger partial charge < -0.3 is 5.11 Å². The van der Waals surface area contributed by atoms with Gasteiger partial charge in [0.1, 0.15) is 5.92 Å². The molecule has 0 aliphatic carbocycles. The normalized spacial score (nSPS) is 12.1. The molecule has 1 N–H and O–H groups in total. The van der Waals surface area contributed by atoms with E-state index >= 15 is 0 Å². The smallest absolute Gasteiger partial charge is 0.313 e. The molecule has 0 radical (unpaired) electrons. The number of Topliss-reactive ketones (excluding diaryl/α,β-unsaturated/α-hetero) is 1. The summed E-state index contributed by atoms with van der Waals surface area (Å²) in [6.07, 6.45) is 0.189. The lowest BCUT2D eigenvalue weighted by Crippen LogP contribution is -2.22. The molecule has 0 heterocycles. The molecule has 1 rings (SSSR count). The fraction of sp³-hybridized carbons (Fsp3) is 0.273. The number of carboxylic acid groups (broad SMARTS) is 1. The monoisotopic (exact) mass is 192 g/mol. The van der Waals surface area contributed by atoms with Crippen molar-refractivity contribution in [1.82, 2.24) is 0 Å². The van der Waals surface area contributed by atoms with E-state index in [4.69, 9.17) is 5.11 Å². The largest absolute Gasteiger partial charge is 0.481 e. The van der Waals surface area contributed by atoms with E-state index in [1.165, 1.54) is 6.92 Å². The van der Waals surface area contributed by atoms with Crippen LogP contribution in [0.2, 0.25) is 0 Å². The first-order valence-corrected chi connectivity index (χ1v) is 4.40. The van der Waals surface area contributed by atoms with Crippen molar-refractivity contribution < 1.29 is 14.7 Å². The van der Waals surface area contributed by atoms with Gasteiger partial charge >= 0.3 is 5.97 Å². The Morgan fingerprint density at radius 2 is 1.86 bits per heavy atom. The molecule has 3 heteroatoms. The summed E-state index contributed by atoms with van der Waals surface area (Å²) in [7, 11) is 0. The van der Waals surface area contributed by atoms with Crippen molar-refractivity contribution in [3.8, 4) is 0 Å². The van der Waals surface area contributed by atoms with Crippen LogP contribution in [0.3, 0.4) is 0 Å². The van der Waals surface area contributed by atoms with Gasteiger partial charge in [-0.05, 0) is 12.5 Å². The van der Waals surface area contributed by atoms with Gasteiger partial charge in [-0.2, -0.15) is 0 Å². The minimum absolute atomic E-state index is 0.189. The van der Waals surface area contributed by atoms with E-state index in [0.29, 0.717) is 0 Å². The van der Waals surface area contributed by atoms with Crippen LogP contribution in [0.4, 0.5) is 0 Å². The summed E-state index contributed by atoms with van der Waals surface area (Å²) in [5.74, 6) is -2.25. The number of rotatable bonds is 4.